The van der Waals surface area contributed by atoms with Crippen molar-refractivity contribution in [3.63, 3.8) is 0 Å². The molecule has 0 atom stereocenters. The maximum atomic E-state index is 12.7. The highest BCUT2D eigenvalue weighted by atomic mass is 16.6. The molecule has 0 spiro atoms. The van der Waals surface area contributed by atoms with Gasteiger partial charge in [-0.2, -0.15) is 0 Å². The molecule has 0 saturated carbocycles. The first-order valence-electron chi connectivity index (χ1n) is 8.04. The van der Waals surface area contributed by atoms with Gasteiger partial charge in [-0.15, -0.1) is 0 Å². The molecule has 2 aromatic rings. The zero-order chi connectivity index (χ0) is 18.0. The molecule has 7 heteroatoms. The highest BCUT2D eigenvalue weighted by Gasteiger charge is 2.25. The quantitative estimate of drug-likeness (QED) is 0.685. The molecule has 3 rings (SSSR count). The average molecular weight is 341 g/mol. The number of nitro groups is 1. The summed E-state index contributed by atoms with van der Waals surface area (Å²) in [7, 11) is 0. The van der Waals surface area contributed by atoms with Crippen LogP contribution < -0.4 is 4.90 Å². The number of hydrogen-bond donors (Lipinski definition) is 1. The summed E-state index contributed by atoms with van der Waals surface area (Å²) in [4.78, 5) is 27.2. The monoisotopic (exact) mass is 341 g/mol. The number of aromatic hydroxyl groups is 1. The number of nitrogens with zero attached hydrogens (tertiary/aromatic N) is 3. The largest absolute Gasteiger partial charge is 0.508 e. The van der Waals surface area contributed by atoms with E-state index in [0.29, 0.717) is 37.3 Å². The molecule has 0 unspecified atom stereocenters. The summed E-state index contributed by atoms with van der Waals surface area (Å²) in [5, 5.41) is 20.4. The van der Waals surface area contributed by atoms with Gasteiger partial charge in [-0.05, 0) is 37.3 Å². The third-order valence-electron chi connectivity index (χ3n) is 4.51. The molecule has 0 bridgehead atoms. The number of anilines is 1. The topological polar surface area (TPSA) is 86.9 Å². The molecule has 1 aliphatic heterocycles. The van der Waals surface area contributed by atoms with E-state index in [2.05, 4.69) is 4.90 Å². The molecule has 0 radical (unpaired) electrons. The molecule has 0 aromatic heterocycles. The van der Waals surface area contributed by atoms with Gasteiger partial charge in [0.2, 0.25) is 0 Å². The summed E-state index contributed by atoms with van der Waals surface area (Å²) in [5.74, 6) is 0.0465. The number of amides is 1. The van der Waals surface area contributed by atoms with Gasteiger partial charge in [-0.3, -0.25) is 14.9 Å². The summed E-state index contributed by atoms with van der Waals surface area (Å²) >= 11 is 0. The molecule has 0 aliphatic carbocycles. The normalized spacial score (nSPS) is 14.4. The molecule has 2 aromatic carbocycles. The van der Waals surface area contributed by atoms with Crippen molar-refractivity contribution >= 4 is 17.3 Å². The number of rotatable bonds is 3. The number of phenolic OH excluding ortho intramolecular Hbond substituents is 1. The van der Waals surface area contributed by atoms with Crippen LogP contribution in [0.4, 0.5) is 11.4 Å². The van der Waals surface area contributed by atoms with E-state index in [1.165, 1.54) is 6.07 Å². The van der Waals surface area contributed by atoms with Gasteiger partial charge in [0, 0.05) is 49.1 Å². The van der Waals surface area contributed by atoms with E-state index < -0.39 is 4.92 Å². The van der Waals surface area contributed by atoms with Crippen molar-refractivity contribution in [3.8, 4) is 5.75 Å². The Balaban J connectivity index is 1.71. The molecule has 1 saturated heterocycles. The number of benzene rings is 2. The van der Waals surface area contributed by atoms with Crippen molar-refractivity contribution in [3.05, 3.63) is 63.7 Å². The van der Waals surface area contributed by atoms with Gasteiger partial charge >= 0.3 is 0 Å². The SMILES string of the molecule is Cc1c(C(=O)N2CCN(c3ccc(O)cc3)CC2)cccc1[N+](=O)[O-]. The lowest BCUT2D eigenvalue weighted by Crippen LogP contribution is -2.48. The average Bonchev–Trinajstić information content (AvgIpc) is 2.62. The first kappa shape index (κ1) is 16.8. The van der Waals surface area contributed by atoms with Gasteiger partial charge < -0.3 is 14.9 Å². The summed E-state index contributed by atoms with van der Waals surface area (Å²) in [5.41, 5.74) is 1.75. The highest BCUT2D eigenvalue weighted by molar-refractivity contribution is 5.96. The van der Waals surface area contributed by atoms with Crippen molar-refractivity contribution < 1.29 is 14.8 Å². The van der Waals surface area contributed by atoms with E-state index in [-0.39, 0.29) is 17.3 Å². The number of hydrogen-bond acceptors (Lipinski definition) is 5. The Morgan fingerprint density at radius 3 is 2.32 bits per heavy atom. The van der Waals surface area contributed by atoms with Gasteiger partial charge in [0.05, 0.1) is 4.92 Å². The van der Waals surface area contributed by atoms with E-state index in [1.54, 1.807) is 36.1 Å². The van der Waals surface area contributed by atoms with Crippen LogP contribution in [0.5, 0.6) is 5.75 Å². The van der Waals surface area contributed by atoms with Crippen LogP contribution >= 0.6 is 0 Å². The highest BCUT2D eigenvalue weighted by Crippen LogP contribution is 2.24. The van der Waals surface area contributed by atoms with Gasteiger partial charge in [-0.1, -0.05) is 6.07 Å². The first-order chi connectivity index (χ1) is 12.0. The van der Waals surface area contributed by atoms with Crippen LogP contribution in [0.25, 0.3) is 0 Å². The second-order valence-electron chi connectivity index (χ2n) is 6.00. The van der Waals surface area contributed by atoms with Crippen LogP contribution in [0, 0.1) is 17.0 Å². The summed E-state index contributed by atoms with van der Waals surface area (Å²) in [6, 6.07) is 11.6. The Bertz CT molecular complexity index is 796. The molecular formula is C18H19N3O4. The Labute approximate surface area is 145 Å². The second kappa shape index (κ2) is 6.80. The minimum absolute atomic E-state index is 0.0337. The third kappa shape index (κ3) is 3.40. The zero-order valence-electron chi connectivity index (χ0n) is 13.9. The van der Waals surface area contributed by atoms with Crippen molar-refractivity contribution in [2.24, 2.45) is 0 Å². The van der Waals surface area contributed by atoms with Crippen molar-refractivity contribution in [2.75, 3.05) is 31.1 Å². The fourth-order valence-electron chi connectivity index (χ4n) is 3.05. The van der Waals surface area contributed by atoms with Crippen LogP contribution in [-0.4, -0.2) is 47.0 Å². The Hall–Kier alpha value is -3.09. The second-order valence-corrected chi connectivity index (χ2v) is 6.00. The van der Waals surface area contributed by atoms with E-state index in [0.717, 1.165) is 5.69 Å². The molecule has 1 N–H and O–H groups in total. The molecule has 25 heavy (non-hydrogen) atoms. The first-order valence-corrected chi connectivity index (χ1v) is 8.04. The molecule has 1 amide bonds. The minimum atomic E-state index is -0.463. The molecular weight excluding hydrogens is 322 g/mol. The van der Waals surface area contributed by atoms with E-state index >= 15 is 0 Å². The fourth-order valence-corrected chi connectivity index (χ4v) is 3.05. The van der Waals surface area contributed by atoms with Crippen LogP contribution in [0.2, 0.25) is 0 Å². The van der Waals surface area contributed by atoms with Crippen LogP contribution in [0.3, 0.4) is 0 Å². The number of carbonyl (C=O) groups is 1. The summed E-state index contributed by atoms with van der Waals surface area (Å²) < 4.78 is 0. The molecule has 1 aliphatic rings. The maximum absolute atomic E-state index is 12.7. The van der Waals surface area contributed by atoms with E-state index in [9.17, 15) is 20.0 Å². The smallest absolute Gasteiger partial charge is 0.273 e. The Morgan fingerprint density at radius 1 is 1.08 bits per heavy atom. The standard InChI is InChI=1S/C18H19N3O4/c1-13-16(3-2-4-17(13)21(24)25)18(23)20-11-9-19(10-12-20)14-5-7-15(22)8-6-14/h2-8,22H,9-12H2,1H3. The minimum Gasteiger partial charge on any atom is -0.508 e. The summed E-state index contributed by atoms with van der Waals surface area (Å²) in [6.45, 7) is 4.04. The molecule has 130 valence electrons. The number of carbonyl (C=O) groups excluding carboxylic acids is 1. The summed E-state index contributed by atoms with van der Waals surface area (Å²) in [6.07, 6.45) is 0. The molecule has 7 nitrogen and oxygen atoms in total. The molecule has 1 fully saturated rings. The third-order valence-corrected chi connectivity index (χ3v) is 4.51. The van der Waals surface area contributed by atoms with Crippen molar-refractivity contribution in [2.45, 2.75) is 6.92 Å². The van der Waals surface area contributed by atoms with Gasteiger partial charge in [0.1, 0.15) is 5.75 Å². The van der Waals surface area contributed by atoms with Gasteiger partial charge in [0.15, 0.2) is 0 Å². The van der Waals surface area contributed by atoms with Crippen LogP contribution in [0.15, 0.2) is 42.5 Å². The van der Waals surface area contributed by atoms with E-state index in [1.807, 2.05) is 12.1 Å². The molecule has 1 heterocycles. The lowest BCUT2D eigenvalue weighted by Gasteiger charge is -2.36. The van der Waals surface area contributed by atoms with Crippen molar-refractivity contribution in [1.29, 1.82) is 0 Å². The number of nitro benzene ring substituents is 1. The predicted octanol–water partition coefficient (Wildman–Crippen LogP) is 2.57. The predicted molar refractivity (Wildman–Crippen MR) is 94.1 cm³/mol. The Morgan fingerprint density at radius 2 is 1.72 bits per heavy atom. The van der Waals surface area contributed by atoms with Crippen LogP contribution in [0.1, 0.15) is 15.9 Å². The van der Waals surface area contributed by atoms with Crippen LogP contribution in [-0.2, 0) is 0 Å². The lowest BCUT2D eigenvalue weighted by molar-refractivity contribution is -0.385. The van der Waals surface area contributed by atoms with Gasteiger partial charge in [-0.25, -0.2) is 0 Å². The van der Waals surface area contributed by atoms with Gasteiger partial charge in [0.25, 0.3) is 11.6 Å². The van der Waals surface area contributed by atoms with E-state index in [4.69, 9.17) is 0 Å². The number of piperazine rings is 1. The maximum Gasteiger partial charge on any atom is 0.273 e. The zero-order valence-corrected chi connectivity index (χ0v) is 13.9. The number of phenols is 1. The fraction of sp³-hybridized carbons (Fsp3) is 0.278. The van der Waals surface area contributed by atoms with Crippen molar-refractivity contribution in [1.82, 2.24) is 4.90 Å². The Kier molecular flexibility index (Phi) is 4.56. The lowest BCUT2D eigenvalue weighted by atomic mass is 10.1.